The molecule has 2 aliphatic heterocycles. The second-order valence-electron chi connectivity index (χ2n) is 5.35. The average molecular weight is 256 g/mol. The summed E-state index contributed by atoms with van der Waals surface area (Å²) in [6.07, 6.45) is 3.71. The van der Waals surface area contributed by atoms with Crippen LogP contribution in [0.5, 0.6) is 0 Å². The highest BCUT2D eigenvalue weighted by Crippen LogP contribution is 2.25. The van der Waals surface area contributed by atoms with Gasteiger partial charge in [-0.15, -0.1) is 0 Å². The Hall–Kier alpha value is -0.160. The first-order valence-electron chi connectivity index (χ1n) is 7.52. The first kappa shape index (κ1) is 14.3. The van der Waals surface area contributed by atoms with Crippen LogP contribution in [0.2, 0.25) is 0 Å². The summed E-state index contributed by atoms with van der Waals surface area (Å²) in [5.74, 6) is 0.872. The van der Waals surface area contributed by atoms with Gasteiger partial charge in [0.15, 0.2) is 6.29 Å². The molecule has 2 fully saturated rings. The molecular weight excluding hydrogens is 228 g/mol. The van der Waals surface area contributed by atoms with E-state index in [0.717, 1.165) is 38.1 Å². The topological polar surface area (TPSA) is 33.7 Å². The summed E-state index contributed by atoms with van der Waals surface area (Å²) in [4.78, 5) is 2.57. The lowest BCUT2D eigenvalue weighted by Crippen LogP contribution is -2.40. The van der Waals surface area contributed by atoms with E-state index in [0.29, 0.717) is 0 Å². The number of piperidine rings is 1. The van der Waals surface area contributed by atoms with Gasteiger partial charge < -0.3 is 19.7 Å². The molecule has 0 radical (unpaired) electrons. The molecule has 0 aromatic heterocycles. The van der Waals surface area contributed by atoms with Gasteiger partial charge in [-0.2, -0.15) is 0 Å². The van der Waals surface area contributed by atoms with Gasteiger partial charge in [0.2, 0.25) is 0 Å². The lowest BCUT2D eigenvalue weighted by molar-refractivity contribution is -0.141. The van der Waals surface area contributed by atoms with Crippen LogP contribution < -0.4 is 5.32 Å². The molecule has 2 saturated heterocycles. The number of hydrogen-bond donors (Lipinski definition) is 1. The van der Waals surface area contributed by atoms with Gasteiger partial charge in [0.1, 0.15) is 0 Å². The molecule has 1 N–H and O–H groups in total. The van der Waals surface area contributed by atoms with E-state index in [1.165, 1.54) is 32.5 Å². The molecule has 4 heteroatoms. The third-order valence-electron chi connectivity index (χ3n) is 4.06. The molecule has 18 heavy (non-hydrogen) atoms. The van der Waals surface area contributed by atoms with Gasteiger partial charge in [-0.05, 0) is 39.2 Å². The van der Waals surface area contributed by atoms with Gasteiger partial charge in [-0.1, -0.05) is 0 Å². The van der Waals surface area contributed by atoms with Crippen molar-refractivity contribution in [2.45, 2.75) is 45.4 Å². The summed E-state index contributed by atoms with van der Waals surface area (Å²) in [6.45, 7) is 10.3. The van der Waals surface area contributed by atoms with E-state index >= 15 is 0 Å². The maximum absolute atomic E-state index is 5.60. The molecule has 0 amide bonds. The first-order chi connectivity index (χ1) is 8.83. The van der Waals surface area contributed by atoms with Crippen LogP contribution in [-0.2, 0) is 9.47 Å². The van der Waals surface area contributed by atoms with Crippen LogP contribution in [0.15, 0.2) is 0 Å². The molecule has 0 aliphatic carbocycles. The number of likely N-dealkylation sites (tertiary alicyclic amines) is 1. The van der Waals surface area contributed by atoms with Crippen molar-refractivity contribution in [2.75, 3.05) is 39.4 Å². The first-order valence-corrected chi connectivity index (χ1v) is 7.52. The summed E-state index contributed by atoms with van der Waals surface area (Å²) in [5, 5.41) is 3.64. The predicted molar refractivity (Wildman–Crippen MR) is 72.6 cm³/mol. The molecular formula is C14H28N2O2. The van der Waals surface area contributed by atoms with Crippen molar-refractivity contribution < 1.29 is 9.47 Å². The fraction of sp³-hybridized carbons (Fsp3) is 1.00. The second kappa shape index (κ2) is 7.43. The summed E-state index contributed by atoms with van der Waals surface area (Å²) in [6, 6.07) is 0.733. The van der Waals surface area contributed by atoms with Crippen LogP contribution in [0.4, 0.5) is 0 Å². The lowest BCUT2D eigenvalue weighted by Gasteiger charge is -2.24. The van der Waals surface area contributed by atoms with E-state index in [9.17, 15) is 0 Å². The standard InChI is InChI=1S/C14H28N2O2/c1-3-17-14(18-4-2)7-9-16-10-12-6-5-8-15-13(12)11-16/h12-15H,3-11H2,1-2H3. The Kier molecular flexibility index (Phi) is 5.89. The predicted octanol–water partition coefficient (Wildman–Crippen LogP) is 1.46. The van der Waals surface area contributed by atoms with E-state index < -0.39 is 0 Å². The van der Waals surface area contributed by atoms with Crippen LogP contribution in [-0.4, -0.2) is 56.6 Å². The summed E-state index contributed by atoms with van der Waals surface area (Å²) < 4.78 is 11.2. The minimum Gasteiger partial charge on any atom is -0.353 e. The largest absolute Gasteiger partial charge is 0.353 e. The van der Waals surface area contributed by atoms with Crippen molar-refractivity contribution in [1.29, 1.82) is 0 Å². The molecule has 0 saturated carbocycles. The van der Waals surface area contributed by atoms with Gasteiger partial charge in [-0.25, -0.2) is 0 Å². The molecule has 2 rings (SSSR count). The Morgan fingerprint density at radius 2 is 2.00 bits per heavy atom. The molecule has 106 valence electrons. The van der Waals surface area contributed by atoms with E-state index in [1.54, 1.807) is 0 Å². The molecule has 0 aromatic rings. The Labute approximate surface area is 111 Å². The number of nitrogens with one attached hydrogen (secondary N) is 1. The van der Waals surface area contributed by atoms with Crippen molar-refractivity contribution in [3.63, 3.8) is 0 Å². The smallest absolute Gasteiger partial charge is 0.158 e. The van der Waals surface area contributed by atoms with Crippen molar-refractivity contribution in [3.8, 4) is 0 Å². The van der Waals surface area contributed by atoms with Gasteiger partial charge in [0.05, 0.1) is 0 Å². The number of fused-ring (bicyclic) bond motifs is 1. The fourth-order valence-corrected chi connectivity index (χ4v) is 3.19. The van der Waals surface area contributed by atoms with E-state index in [4.69, 9.17) is 9.47 Å². The van der Waals surface area contributed by atoms with Crippen LogP contribution >= 0.6 is 0 Å². The number of ether oxygens (including phenoxy) is 2. The molecule has 2 heterocycles. The van der Waals surface area contributed by atoms with E-state index in [2.05, 4.69) is 10.2 Å². The molecule has 2 aliphatic rings. The zero-order valence-corrected chi connectivity index (χ0v) is 11.9. The van der Waals surface area contributed by atoms with Gasteiger partial charge >= 0.3 is 0 Å². The van der Waals surface area contributed by atoms with Crippen LogP contribution in [0.3, 0.4) is 0 Å². The third-order valence-corrected chi connectivity index (χ3v) is 4.06. The molecule has 2 unspecified atom stereocenters. The van der Waals surface area contributed by atoms with Gasteiger partial charge in [-0.3, -0.25) is 0 Å². The van der Waals surface area contributed by atoms with Crippen LogP contribution in [0, 0.1) is 5.92 Å². The van der Waals surface area contributed by atoms with Crippen LogP contribution in [0.25, 0.3) is 0 Å². The zero-order chi connectivity index (χ0) is 12.8. The molecule has 2 atom stereocenters. The van der Waals surface area contributed by atoms with Crippen molar-refractivity contribution in [2.24, 2.45) is 5.92 Å². The maximum Gasteiger partial charge on any atom is 0.158 e. The average Bonchev–Trinajstić information content (AvgIpc) is 2.79. The molecule has 0 aromatic carbocycles. The highest BCUT2D eigenvalue weighted by atomic mass is 16.7. The fourth-order valence-electron chi connectivity index (χ4n) is 3.19. The minimum absolute atomic E-state index is 0.0180. The number of nitrogens with zero attached hydrogens (tertiary/aromatic N) is 1. The second-order valence-corrected chi connectivity index (χ2v) is 5.35. The van der Waals surface area contributed by atoms with E-state index in [1.807, 2.05) is 13.8 Å². The van der Waals surface area contributed by atoms with Gasteiger partial charge in [0.25, 0.3) is 0 Å². The number of rotatable bonds is 7. The zero-order valence-electron chi connectivity index (χ0n) is 11.9. The van der Waals surface area contributed by atoms with Crippen molar-refractivity contribution >= 4 is 0 Å². The molecule has 0 spiro atoms. The minimum atomic E-state index is -0.0180. The Balaban J connectivity index is 1.69. The molecule has 0 bridgehead atoms. The van der Waals surface area contributed by atoms with Crippen molar-refractivity contribution in [3.05, 3.63) is 0 Å². The highest BCUT2D eigenvalue weighted by Gasteiger charge is 2.33. The molecule has 4 nitrogen and oxygen atoms in total. The van der Waals surface area contributed by atoms with E-state index in [-0.39, 0.29) is 6.29 Å². The maximum atomic E-state index is 5.60. The third kappa shape index (κ3) is 3.92. The quantitative estimate of drug-likeness (QED) is 0.699. The summed E-state index contributed by atoms with van der Waals surface area (Å²) >= 11 is 0. The Bertz CT molecular complexity index is 218. The summed E-state index contributed by atoms with van der Waals surface area (Å²) in [7, 11) is 0. The normalized spacial score (nSPS) is 28.8. The Morgan fingerprint density at radius 1 is 1.22 bits per heavy atom. The summed E-state index contributed by atoms with van der Waals surface area (Å²) in [5.41, 5.74) is 0. The van der Waals surface area contributed by atoms with Crippen molar-refractivity contribution in [1.82, 2.24) is 10.2 Å². The lowest BCUT2D eigenvalue weighted by atomic mass is 9.94. The number of hydrogen-bond acceptors (Lipinski definition) is 4. The van der Waals surface area contributed by atoms with Gasteiger partial charge in [0, 0.05) is 45.3 Å². The Morgan fingerprint density at radius 3 is 2.67 bits per heavy atom. The SMILES string of the molecule is CCOC(CCN1CC2CCCNC2C1)OCC. The highest BCUT2D eigenvalue weighted by molar-refractivity contribution is 4.91. The van der Waals surface area contributed by atoms with Crippen LogP contribution in [0.1, 0.15) is 33.1 Å². The monoisotopic (exact) mass is 256 g/mol.